The maximum absolute atomic E-state index is 12.1. The van der Waals surface area contributed by atoms with Gasteiger partial charge in [-0.25, -0.2) is 4.79 Å². The number of amides is 3. The van der Waals surface area contributed by atoms with Crippen molar-refractivity contribution in [3.63, 3.8) is 0 Å². The Bertz CT molecular complexity index is 763. The molecule has 0 bridgehead atoms. The maximum atomic E-state index is 12.1. The Balaban J connectivity index is 1.92. The van der Waals surface area contributed by atoms with Crippen LogP contribution in [0.3, 0.4) is 0 Å². The fourth-order valence-corrected chi connectivity index (χ4v) is 2.63. The van der Waals surface area contributed by atoms with Crippen LogP contribution >= 0.6 is 11.6 Å². The van der Waals surface area contributed by atoms with Gasteiger partial charge in [-0.1, -0.05) is 29.8 Å². The second kappa shape index (κ2) is 9.22. The smallest absolute Gasteiger partial charge is 0.319 e. The van der Waals surface area contributed by atoms with E-state index in [-0.39, 0.29) is 24.6 Å². The van der Waals surface area contributed by atoms with Gasteiger partial charge in [-0.15, -0.1) is 0 Å². The van der Waals surface area contributed by atoms with E-state index in [1.165, 1.54) is 4.90 Å². The van der Waals surface area contributed by atoms with Gasteiger partial charge in [0.2, 0.25) is 0 Å². The highest BCUT2D eigenvalue weighted by atomic mass is 35.5. The molecular formula is C19H22ClN3O3. The molecule has 0 aromatic heterocycles. The Morgan fingerprint density at radius 1 is 1.12 bits per heavy atom. The van der Waals surface area contributed by atoms with Crippen molar-refractivity contribution < 1.29 is 14.3 Å². The average molecular weight is 376 g/mol. The van der Waals surface area contributed by atoms with Crippen LogP contribution in [0.4, 0.5) is 10.5 Å². The summed E-state index contributed by atoms with van der Waals surface area (Å²) in [4.78, 5) is 25.4. The molecule has 1 atom stereocenters. The van der Waals surface area contributed by atoms with Crippen LogP contribution in [-0.2, 0) is 4.74 Å². The number of carbonyl (C=O) groups excluding carboxylic acids is 2. The predicted molar refractivity (Wildman–Crippen MR) is 103 cm³/mol. The van der Waals surface area contributed by atoms with E-state index in [0.717, 1.165) is 5.56 Å². The molecule has 2 aromatic rings. The Kier molecular flexibility index (Phi) is 7.00. The number of methoxy groups -OCH3 is 1. The summed E-state index contributed by atoms with van der Waals surface area (Å²) in [5.74, 6) is -0.0938. The fraction of sp³-hybridized carbons (Fsp3) is 0.263. The maximum Gasteiger partial charge on any atom is 0.319 e. The van der Waals surface area contributed by atoms with Crippen molar-refractivity contribution >= 4 is 29.2 Å². The van der Waals surface area contributed by atoms with E-state index in [1.54, 1.807) is 51.5 Å². The summed E-state index contributed by atoms with van der Waals surface area (Å²) in [5.41, 5.74) is 1.95. The predicted octanol–water partition coefficient (Wildman–Crippen LogP) is 3.55. The summed E-state index contributed by atoms with van der Waals surface area (Å²) in [5, 5.41) is 6.06. The third-order valence-corrected chi connectivity index (χ3v) is 4.12. The largest absolute Gasteiger partial charge is 0.375 e. The molecule has 0 fully saturated rings. The average Bonchev–Trinajstić information content (AvgIpc) is 2.63. The Hall–Kier alpha value is -2.57. The molecule has 2 aromatic carbocycles. The third kappa shape index (κ3) is 5.21. The second-order valence-corrected chi connectivity index (χ2v) is 6.27. The van der Waals surface area contributed by atoms with Crippen LogP contribution in [-0.4, -0.2) is 44.6 Å². The number of nitrogens with one attached hydrogen (secondary N) is 2. The zero-order valence-electron chi connectivity index (χ0n) is 15.0. The summed E-state index contributed by atoms with van der Waals surface area (Å²) in [6.07, 6.45) is -0.352. The lowest BCUT2D eigenvalue weighted by molar-refractivity contribution is 0.0827. The number of benzene rings is 2. The summed E-state index contributed by atoms with van der Waals surface area (Å²) >= 11 is 6.17. The molecule has 7 heteroatoms. The number of halogens is 1. The van der Waals surface area contributed by atoms with Gasteiger partial charge in [0.15, 0.2) is 0 Å². The van der Waals surface area contributed by atoms with Gasteiger partial charge in [0.25, 0.3) is 5.91 Å². The highest BCUT2D eigenvalue weighted by Gasteiger charge is 2.15. The number of urea groups is 1. The lowest BCUT2D eigenvalue weighted by atomic mass is 10.1. The summed E-state index contributed by atoms with van der Waals surface area (Å²) in [6, 6.07) is 13.7. The van der Waals surface area contributed by atoms with Crippen LogP contribution in [0.15, 0.2) is 48.5 Å². The molecular weight excluding hydrogens is 354 g/mol. The first-order valence-electron chi connectivity index (χ1n) is 8.06. The molecule has 6 nitrogen and oxygen atoms in total. The van der Waals surface area contributed by atoms with E-state index >= 15 is 0 Å². The first-order valence-corrected chi connectivity index (χ1v) is 8.44. The van der Waals surface area contributed by atoms with Gasteiger partial charge in [0.1, 0.15) is 6.10 Å². The fourth-order valence-electron chi connectivity index (χ4n) is 2.37. The van der Waals surface area contributed by atoms with Crippen molar-refractivity contribution in [2.24, 2.45) is 0 Å². The highest BCUT2D eigenvalue weighted by molar-refractivity contribution is 6.31. The third-order valence-electron chi connectivity index (χ3n) is 3.78. The number of ether oxygens (including phenoxy) is 1. The lowest BCUT2D eigenvalue weighted by Crippen LogP contribution is -2.33. The zero-order chi connectivity index (χ0) is 19.1. The van der Waals surface area contributed by atoms with E-state index < -0.39 is 0 Å². The van der Waals surface area contributed by atoms with E-state index in [1.807, 2.05) is 18.2 Å². The first-order chi connectivity index (χ1) is 12.4. The molecule has 26 heavy (non-hydrogen) atoms. The number of nitrogens with zero attached hydrogens (tertiary/aromatic N) is 1. The number of anilines is 1. The van der Waals surface area contributed by atoms with E-state index in [2.05, 4.69) is 10.6 Å². The molecule has 0 aliphatic rings. The number of rotatable bonds is 6. The number of carbonyl (C=O) groups is 2. The van der Waals surface area contributed by atoms with Gasteiger partial charge < -0.3 is 20.3 Å². The molecule has 0 heterocycles. The van der Waals surface area contributed by atoms with Crippen molar-refractivity contribution in [1.82, 2.24) is 10.2 Å². The van der Waals surface area contributed by atoms with E-state index in [4.69, 9.17) is 16.3 Å². The normalized spacial score (nSPS) is 11.5. The molecule has 0 saturated heterocycles. The van der Waals surface area contributed by atoms with Crippen molar-refractivity contribution in [2.75, 3.05) is 33.1 Å². The molecule has 138 valence electrons. The molecule has 1 unspecified atom stereocenters. The summed E-state index contributed by atoms with van der Waals surface area (Å²) in [6.45, 7) is 0.267. The van der Waals surface area contributed by atoms with Crippen molar-refractivity contribution in [2.45, 2.75) is 6.10 Å². The second-order valence-electron chi connectivity index (χ2n) is 5.86. The van der Waals surface area contributed by atoms with Gasteiger partial charge in [0, 0.05) is 49.6 Å². The Morgan fingerprint density at radius 2 is 1.77 bits per heavy atom. The monoisotopic (exact) mass is 375 g/mol. The van der Waals surface area contributed by atoms with Gasteiger partial charge in [-0.05, 0) is 30.3 Å². The molecule has 0 radical (unpaired) electrons. The van der Waals surface area contributed by atoms with E-state index in [0.29, 0.717) is 16.3 Å². The molecule has 0 aliphatic heterocycles. The van der Waals surface area contributed by atoms with Crippen LogP contribution < -0.4 is 10.6 Å². The Morgan fingerprint density at radius 3 is 2.35 bits per heavy atom. The van der Waals surface area contributed by atoms with E-state index in [9.17, 15) is 9.59 Å². The van der Waals surface area contributed by atoms with Crippen LogP contribution in [0.2, 0.25) is 5.02 Å². The number of hydrogen-bond donors (Lipinski definition) is 2. The minimum Gasteiger partial charge on any atom is -0.375 e. The van der Waals surface area contributed by atoms with Gasteiger partial charge in [0.05, 0.1) is 0 Å². The van der Waals surface area contributed by atoms with Crippen molar-refractivity contribution in [3.8, 4) is 0 Å². The molecule has 3 amide bonds. The van der Waals surface area contributed by atoms with Crippen LogP contribution in [0.25, 0.3) is 0 Å². The van der Waals surface area contributed by atoms with Crippen LogP contribution in [0.5, 0.6) is 0 Å². The Labute approximate surface area is 158 Å². The first kappa shape index (κ1) is 19.8. The minimum absolute atomic E-state index is 0.0938. The van der Waals surface area contributed by atoms with Gasteiger partial charge in [-0.2, -0.15) is 0 Å². The summed E-state index contributed by atoms with van der Waals surface area (Å²) < 4.78 is 5.41. The molecule has 0 saturated carbocycles. The summed E-state index contributed by atoms with van der Waals surface area (Å²) in [7, 11) is 4.94. The van der Waals surface area contributed by atoms with Crippen LogP contribution in [0, 0.1) is 0 Å². The zero-order valence-corrected chi connectivity index (χ0v) is 15.7. The van der Waals surface area contributed by atoms with Gasteiger partial charge in [-0.3, -0.25) is 4.79 Å². The number of hydrogen-bond acceptors (Lipinski definition) is 3. The molecule has 2 N–H and O–H groups in total. The topological polar surface area (TPSA) is 70.7 Å². The lowest BCUT2D eigenvalue weighted by Gasteiger charge is -2.18. The molecule has 2 rings (SSSR count). The standard InChI is InChI=1S/C19H22ClN3O3/c1-23(2)18(24)13-8-10-14(11-9-13)22-19(25)21-12-17(26-3)15-6-4-5-7-16(15)20/h4-11,17H,12H2,1-3H3,(H2,21,22,25). The molecule has 0 spiro atoms. The molecule has 0 aliphatic carbocycles. The minimum atomic E-state index is -0.370. The highest BCUT2D eigenvalue weighted by Crippen LogP contribution is 2.24. The van der Waals surface area contributed by atoms with Crippen molar-refractivity contribution in [1.29, 1.82) is 0 Å². The van der Waals surface area contributed by atoms with Crippen molar-refractivity contribution in [3.05, 3.63) is 64.7 Å². The van der Waals surface area contributed by atoms with Gasteiger partial charge >= 0.3 is 6.03 Å². The quantitative estimate of drug-likeness (QED) is 0.811. The van der Waals surface area contributed by atoms with Crippen LogP contribution in [0.1, 0.15) is 22.0 Å². The SMILES string of the molecule is COC(CNC(=O)Nc1ccc(C(=O)N(C)C)cc1)c1ccccc1Cl.